The smallest absolute Gasteiger partial charge is 0.255 e. The molecule has 8 nitrogen and oxygen atoms in total. The first-order valence-electron chi connectivity index (χ1n) is 10.4. The van der Waals surface area contributed by atoms with Gasteiger partial charge in [-0.2, -0.15) is 0 Å². The molecule has 2 aromatic heterocycles. The summed E-state index contributed by atoms with van der Waals surface area (Å²) in [5.74, 6) is 3.24. The van der Waals surface area contributed by atoms with Crippen LogP contribution in [0.1, 0.15) is 47.2 Å². The van der Waals surface area contributed by atoms with Gasteiger partial charge in [0.1, 0.15) is 17.5 Å². The molecule has 5 heterocycles. The molecule has 1 atom stereocenters. The van der Waals surface area contributed by atoms with E-state index in [0.29, 0.717) is 42.8 Å². The number of anilines is 1. The molecule has 0 spiro atoms. The topological polar surface area (TPSA) is 76.4 Å². The normalized spacial score (nSPS) is 22.0. The van der Waals surface area contributed by atoms with E-state index in [1.165, 1.54) is 0 Å². The summed E-state index contributed by atoms with van der Waals surface area (Å²) in [6, 6.07) is 1.75. The van der Waals surface area contributed by atoms with Gasteiger partial charge in [-0.05, 0) is 25.3 Å². The monoisotopic (exact) mass is 416 g/mol. The van der Waals surface area contributed by atoms with Gasteiger partial charge in [0.05, 0.1) is 23.8 Å². The van der Waals surface area contributed by atoms with Crippen molar-refractivity contribution in [2.45, 2.75) is 38.1 Å². The van der Waals surface area contributed by atoms with E-state index < -0.39 is 0 Å². The zero-order valence-electron chi connectivity index (χ0n) is 16.4. The number of nitrogens with zero attached hydrogens (tertiary/aromatic N) is 6. The Kier molecular flexibility index (Phi) is 5.13. The van der Waals surface area contributed by atoms with Crippen molar-refractivity contribution >= 4 is 23.3 Å². The second-order valence-corrected chi connectivity index (χ2v) is 8.36. The molecule has 0 saturated carbocycles. The Morgan fingerprint density at radius 2 is 2.00 bits per heavy atom. The van der Waals surface area contributed by atoms with Crippen LogP contribution < -0.4 is 4.90 Å². The maximum absolute atomic E-state index is 12.7. The Labute approximate surface area is 174 Å². The first-order chi connectivity index (χ1) is 14.2. The zero-order valence-corrected chi connectivity index (χ0v) is 17.1. The van der Waals surface area contributed by atoms with E-state index in [1.807, 2.05) is 0 Å². The van der Waals surface area contributed by atoms with Gasteiger partial charge in [-0.25, -0.2) is 4.98 Å². The zero-order chi connectivity index (χ0) is 19.8. The first kappa shape index (κ1) is 18.8. The number of hydrogen-bond acceptors (Lipinski definition) is 6. The van der Waals surface area contributed by atoms with Crippen molar-refractivity contribution < 1.29 is 9.53 Å². The Morgan fingerprint density at radius 1 is 1.14 bits per heavy atom. The lowest BCUT2D eigenvalue weighted by Gasteiger charge is -2.33. The van der Waals surface area contributed by atoms with Crippen LogP contribution in [0.3, 0.4) is 0 Å². The SMILES string of the molecule is O=C(c1cnc(N2CCCC(c3nnc4n3CCC4)C2)c(Cl)c1)N1CCOCC1. The van der Waals surface area contributed by atoms with Crippen LogP contribution in [-0.2, 0) is 17.7 Å². The first-order valence-corrected chi connectivity index (χ1v) is 10.8. The lowest BCUT2D eigenvalue weighted by atomic mass is 9.97. The van der Waals surface area contributed by atoms with Crippen LogP contribution in [0.5, 0.6) is 0 Å². The minimum Gasteiger partial charge on any atom is -0.378 e. The number of rotatable bonds is 3. The predicted molar refractivity (Wildman–Crippen MR) is 109 cm³/mol. The minimum atomic E-state index is -0.0372. The highest BCUT2D eigenvalue weighted by Crippen LogP contribution is 2.33. The van der Waals surface area contributed by atoms with Crippen molar-refractivity contribution in [3.63, 3.8) is 0 Å². The number of fused-ring (bicyclic) bond motifs is 1. The van der Waals surface area contributed by atoms with Crippen LogP contribution in [0.25, 0.3) is 0 Å². The van der Waals surface area contributed by atoms with Crippen LogP contribution in [0, 0.1) is 0 Å². The molecule has 1 amide bonds. The number of pyridine rings is 1. The number of carbonyl (C=O) groups is 1. The van der Waals surface area contributed by atoms with Gasteiger partial charge in [0.15, 0.2) is 0 Å². The van der Waals surface area contributed by atoms with Crippen LogP contribution in [-0.4, -0.2) is 69.9 Å². The average Bonchev–Trinajstić information content (AvgIpc) is 3.38. The highest BCUT2D eigenvalue weighted by atomic mass is 35.5. The van der Waals surface area contributed by atoms with Crippen molar-refractivity contribution in [3.8, 4) is 0 Å². The fourth-order valence-corrected chi connectivity index (χ4v) is 4.87. The van der Waals surface area contributed by atoms with Crippen molar-refractivity contribution in [1.29, 1.82) is 0 Å². The fourth-order valence-electron chi connectivity index (χ4n) is 4.58. The summed E-state index contributed by atoms with van der Waals surface area (Å²) in [5, 5.41) is 9.36. The van der Waals surface area contributed by atoms with Gasteiger partial charge in [-0.15, -0.1) is 10.2 Å². The van der Waals surface area contributed by atoms with Gasteiger partial charge in [0.25, 0.3) is 5.91 Å². The number of amides is 1. The maximum atomic E-state index is 12.7. The highest BCUT2D eigenvalue weighted by Gasteiger charge is 2.30. The largest absolute Gasteiger partial charge is 0.378 e. The third-order valence-corrected chi connectivity index (χ3v) is 6.37. The summed E-state index contributed by atoms with van der Waals surface area (Å²) in [4.78, 5) is 21.3. The van der Waals surface area contributed by atoms with E-state index in [1.54, 1.807) is 17.2 Å². The number of aromatic nitrogens is 4. The molecule has 2 fully saturated rings. The van der Waals surface area contributed by atoms with Crippen LogP contribution in [0.2, 0.25) is 5.02 Å². The second-order valence-electron chi connectivity index (χ2n) is 7.95. The van der Waals surface area contributed by atoms with Crippen molar-refractivity contribution in [3.05, 3.63) is 34.5 Å². The van der Waals surface area contributed by atoms with E-state index in [0.717, 1.165) is 62.8 Å². The second kappa shape index (κ2) is 7.91. The fraction of sp³-hybridized carbons (Fsp3) is 0.600. The Hall–Kier alpha value is -2.19. The molecular weight excluding hydrogens is 392 g/mol. The van der Waals surface area contributed by atoms with Gasteiger partial charge in [-0.1, -0.05) is 11.6 Å². The quantitative estimate of drug-likeness (QED) is 0.762. The van der Waals surface area contributed by atoms with Gasteiger partial charge >= 0.3 is 0 Å². The Bertz CT molecular complexity index is 910. The summed E-state index contributed by atoms with van der Waals surface area (Å²) in [5.41, 5.74) is 0.532. The molecule has 0 aliphatic carbocycles. The van der Waals surface area contributed by atoms with E-state index >= 15 is 0 Å². The number of halogens is 1. The van der Waals surface area contributed by atoms with Crippen LogP contribution in [0.15, 0.2) is 12.3 Å². The lowest BCUT2D eigenvalue weighted by molar-refractivity contribution is 0.0302. The number of piperidine rings is 1. The summed E-state index contributed by atoms with van der Waals surface area (Å²) in [6.45, 7) is 5.11. The van der Waals surface area contributed by atoms with E-state index in [9.17, 15) is 4.79 Å². The molecule has 0 aromatic carbocycles. The minimum absolute atomic E-state index is 0.0372. The van der Waals surface area contributed by atoms with Gasteiger partial charge in [-0.3, -0.25) is 4.79 Å². The molecule has 0 N–H and O–H groups in total. The molecular formula is C20H25ClN6O2. The molecule has 3 aliphatic heterocycles. The number of aryl methyl sites for hydroxylation is 1. The third kappa shape index (κ3) is 3.59. The van der Waals surface area contributed by atoms with E-state index in [4.69, 9.17) is 16.3 Å². The molecule has 9 heteroatoms. The standard InChI is InChI=1S/C20H25ClN6O2/c21-16-11-15(20(28)25-7-9-29-10-8-25)12-22-19(16)26-5-1-3-14(13-26)18-24-23-17-4-2-6-27(17)18/h11-12,14H,1-10,13H2. The average molecular weight is 417 g/mol. The Balaban J connectivity index is 1.33. The Morgan fingerprint density at radius 3 is 2.83 bits per heavy atom. The molecule has 2 saturated heterocycles. The van der Waals surface area contributed by atoms with Gasteiger partial charge in [0, 0.05) is 51.3 Å². The number of carbonyl (C=O) groups excluding carboxylic acids is 1. The number of morpholine rings is 1. The molecule has 2 aromatic rings. The van der Waals surface area contributed by atoms with Gasteiger partial charge < -0.3 is 19.1 Å². The molecule has 29 heavy (non-hydrogen) atoms. The summed E-state index contributed by atoms with van der Waals surface area (Å²) >= 11 is 6.58. The van der Waals surface area contributed by atoms with E-state index in [-0.39, 0.29) is 5.91 Å². The van der Waals surface area contributed by atoms with Crippen molar-refractivity contribution in [2.24, 2.45) is 0 Å². The molecule has 154 valence electrons. The van der Waals surface area contributed by atoms with Gasteiger partial charge in [0.2, 0.25) is 0 Å². The maximum Gasteiger partial charge on any atom is 0.255 e. The summed E-state index contributed by atoms with van der Waals surface area (Å²) in [7, 11) is 0. The number of ether oxygens (including phenoxy) is 1. The van der Waals surface area contributed by atoms with E-state index in [2.05, 4.69) is 24.6 Å². The molecule has 0 radical (unpaired) electrons. The van der Waals surface area contributed by atoms with Crippen LogP contribution >= 0.6 is 11.6 Å². The number of hydrogen-bond donors (Lipinski definition) is 0. The van der Waals surface area contributed by atoms with Crippen molar-refractivity contribution in [1.82, 2.24) is 24.6 Å². The molecule has 5 rings (SSSR count). The highest BCUT2D eigenvalue weighted by molar-refractivity contribution is 6.33. The molecule has 1 unspecified atom stereocenters. The van der Waals surface area contributed by atoms with Crippen LogP contribution in [0.4, 0.5) is 5.82 Å². The lowest BCUT2D eigenvalue weighted by Crippen LogP contribution is -2.40. The molecule has 3 aliphatic rings. The summed E-state index contributed by atoms with van der Waals surface area (Å²) < 4.78 is 7.61. The summed E-state index contributed by atoms with van der Waals surface area (Å²) in [6.07, 6.45) is 5.98. The third-order valence-electron chi connectivity index (χ3n) is 6.09. The molecule has 0 bridgehead atoms. The predicted octanol–water partition coefficient (Wildman–Crippen LogP) is 2.13. The van der Waals surface area contributed by atoms with Crippen molar-refractivity contribution in [2.75, 3.05) is 44.3 Å².